The third-order valence-electron chi connectivity index (χ3n) is 2.29. The summed E-state index contributed by atoms with van der Waals surface area (Å²) in [5.74, 6) is -0.956. The lowest BCUT2D eigenvalue weighted by atomic mass is 10.1. The van der Waals surface area contributed by atoms with Crippen LogP contribution in [-0.2, 0) is 14.3 Å². The van der Waals surface area contributed by atoms with E-state index >= 15 is 0 Å². The fourth-order valence-corrected chi connectivity index (χ4v) is 1.09. The molecule has 0 aromatic carbocycles. The van der Waals surface area contributed by atoms with Gasteiger partial charge in [-0.05, 0) is 6.92 Å². The van der Waals surface area contributed by atoms with Gasteiger partial charge in [0.2, 0.25) is 5.91 Å². The maximum Gasteiger partial charge on any atom is 0.329 e. The Morgan fingerprint density at radius 1 is 1.35 bits per heavy atom. The minimum absolute atomic E-state index is 0.0594. The van der Waals surface area contributed by atoms with Crippen LogP contribution in [0.15, 0.2) is 0 Å². The van der Waals surface area contributed by atoms with Gasteiger partial charge in [-0.3, -0.25) is 4.79 Å². The third kappa shape index (κ3) is 5.62. The average Bonchev–Trinajstić information content (AvgIpc) is 2.32. The Kier molecular flexibility index (Phi) is 6.71. The zero-order valence-corrected chi connectivity index (χ0v) is 10.3. The lowest BCUT2D eigenvalue weighted by Crippen LogP contribution is -2.56. The Bertz CT molecular complexity index is 265. The van der Waals surface area contributed by atoms with Crippen molar-refractivity contribution in [3.63, 3.8) is 0 Å². The van der Waals surface area contributed by atoms with Gasteiger partial charge < -0.3 is 25.6 Å². The molecule has 0 fully saturated rings. The highest BCUT2D eigenvalue weighted by Crippen LogP contribution is 2.01. The molecule has 1 amide bonds. The van der Waals surface area contributed by atoms with Crippen LogP contribution in [0.2, 0.25) is 0 Å². The van der Waals surface area contributed by atoms with Crippen LogP contribution < -0.4 is 10.6 Å². The summed E-state index contributed by atoms with van der Waals surface area (Å²) in [7, 11) is 1.22. The fraction of sp³-hybridized carbons (Fsp3) is 0.800. The molecule has 0 saturated carbocycles. The third-order valence-corrected chi connectivity index (χ3v) is 2.29. The van der Waals surface area contributed by atoms with E-state index in [2.05, 4.69) is 15.4 Å². The van der Waals surface area contributed by atoms with Gasteiger partial charge in [-0.25, -0.2) is 4.79 Å². The highest BCUT2D eigenvalue weighted by Gasteiger charge is 2.26. The summed E-state index contributed by atoms with van der Waals surface area (Å²) < 4.78 is 4.53. The largest absolute Gasteiger partial charge is 0.467 e. The SMILES string of the molecule is COC(=O)C(CNC(C)(CO)CO)NC(C)=O. The quantitative estimate of drug-likeness (QED) is 0.388. The summed E-state index contributed by atoms with van der Waals surface area (Å²) in [4.78, 5) is 22.2. The number of rotatable bonds is 7. The predicted molar refractivity (Wildman–Crippen MR) is 60.2 cm³/mol. The zero-order valence-electron chi connectivity index (χ0n) is 10.3. The number of ether oxygens (including phenoxy) is 1. The van der Waals surface area contributed by atoms with Crippen molar-refractivity contribution >= 4 is 11.9 Å². The zero-order chi connectivity index (χ0) is 13.5. The van der Waals surface area contributed by atoms with E-state index in [0.717, 1.165) is 0 Å². The molecule has 7 heteroatoms. The van der Waals surface area contributed by atoms with E-state index in [1.54, 1.807) is 6.92 Å². The standard InChI is InChI=1S/C10H20N2O5/c1-7(15)12-8(9(16)17-3)4-11-10(2,5-13)6-14/h8,11,13-14H,4-6H2,1-3H3,(H,12,15). The van der Waals surface area contributed by atoms with Crippen molar-refractivity contribution in [3.05, 3.63) is 0 Å². The molecule has 1 atom stereocenters. The molecule has 0 heterocycles. The van der Waals surface area contributed by atoms with Gasteiger partial charge in [-0.15, -0.1) is 0 Å². The Balaban J connectivity index is 4.44. The number of carbonyl (C=O) groups is 2. The monoisotopic (exact) mass is 248 g/mol. The molecular formula is C10H20N2O5. The average molecular weight is 248 g/mol. The van der Waals surface area contributed by atoms with Gasteiger partial charge in [-0.1, -0.05) is 0 Å². The lowest BCUT2D eigenvalue weighted by molar-refractivity contribution is -0.144. The number of hydrogen-bond donors (Lipinski definition) is 4. The number of amides is 1. The van der Waals surface area contributed by atoms with Crippen molar-refractivity contribution in [1.29, 1.82) is 0 Å². The van der Waals surface area contributed by atoms with Crippen LogP contribution in [-0.4, -0.2) is 60.5 Å². The molecule has 0 aliphatic rings. The molecule has 0 saturated heterocycles. The van der Waals surface area contributed by atoms with Crippen molar-refractivity contribution in [2.45, 2.75) is 25.4 Å². The van der Waals surface area contributed by atoms with Crippen LogP contribution in [0, 0.1) is 0 Å². The Labute approximate surface area is 100 Å². The molecule has 0 radical (unpaired) electrons. The first-order valence-corrected chi connectivity index (χ1v) is 5.20. The van der Waals surface area contributed by atoms with E-state index in [9.17, 15) is 9.59 Å². The van der Waals surface area contributed by atoms with Crippen LogP contribution in [0.3, 0.4) is 0 Å². The summed E-state index contributed by atoms with van der Waals surface area (Å²) in [5.41, 5.74) is -0.912. The number of methoxy groups -OCH3 is 1. The first kappa shape index (κ1) is 15.8. The maximum atomic E-state index is 11.3. The van der Waals surface area contributed by atoms with Crippen molar-refractivity contribution in [1.82, 2.24) is 10.6 Å². The van der Waals surface area contributed by atoms with Crippen LogP contribution in [0.4, 0.5) is 0 Å². The molecule has 0 rings (SSSR count). The summed E-state index contributed by atoms with van der Waals surface area (Å²) in [6.07, 6.45) is 0. The molecule has 4 N–H and O–H groups in total. The van der Waals surface area contributed by atoms with E-state index in [1.165, 1.54) is 14.0 Å². The van der Waals surface area contributed by atoms with Gasteiger partial charge in [-0.2, -0.15) is 0 Å². The molecule has 0 aromatic heterocycles. The summed E-state index contributed by atoms with van der Waals surface area (Å²) in [6, 6.07) is -0.852. The first-order valence-electron chi connectivity index (χ1n) is 5.20. The van der Waals surface area contributed by atoms with E-state index in [-0.39, 0.29) is 25.7 Å². The first-order chi connectivity index (χ1) is 7.88. The summed E-state index contributed by atoms with van der Waals surface area (Å²) in [5, 5.41) is 23.3. The van der Waals surface area contributed by atoms with Gasteiger partial charge in [0.05, 0.1) is 25.9 Å². The fourth-order valence-electron chi connectivity index (χ4n) is 1.09. The number of nitrogens with one attached hydrogen (secondary N) is 2. The highest BCUT2D eigenvalue weighted by atomic mass is 16.5. The number of carbonyl (C=O) groups excluding carboxylic acids is 2. The molecule has 17 heavy (non-hydrogen) atoms. The van der Waals surface area contributed by atoms with E-state index in [0.29, 0.717) is 0 Å². The highest BCUT2D eigenvalue weighted by molar-refractivity contribution is 5.83. The van der Waals surface area contributed by atoms with Gasteiger partial charge in [0.1, 0.15) is 6.04 Å². The van der Waals surface area contributed by atoms with Crippen LogP contribution >= 0.6 is 0 Å². The van der Waals surface area contributed by atoms with Crippen molar-refractivity contribution < 1.29 is 24.5 Å². The molecule has 7 nitrogen and oxygen atoms in total. The minimum atomic E-state index is -0.912. The normalized spacial score (nSPS) is 13.0. The lowest BCUT2D eigenvalue weighted by Gasteiger charge is -2.28. The molecule has 100 valence electrons. The Hall–Kier alpha value is -1.18. The molecular weight excluding hydrogens is 228 g/mol. The van der Waals surface area contributed by atoms with Crippen LogP contribution in [0.5, 0.6) is 0 Å². The van der Waals surface area contributed by atoms with Gasteiger partial charge >= 0.3 is 5.97 Å². The molecule has 1 unspecified atom stereocenters. The van der Waals surface area contributed by atoms with Gasteiger partial charge in [0, 0.05) is 13.5 Å². The molecule has 0 aliphatic heterocycles. The number of esters is 1. The molecule has 0 aromatic rings. The Morgan fingerprint density at radius 2 is 1.88 bits per heavy atom. The van der Waals surface area contributed by atoms with Crippen molar-refractivity contribution in [2.24, 2.45) is 0 Å². The van der Waals surface area contributed by atoms with Crippen molar-refractivity contribution in [2.75, 3.05) is 26.9 Å². The topological polar surface area (TPSA) is 108 Å². The van der Waals surface area contributed by atoms with E-state index in [4.69, 9.17) is 10.2 Å². The van der Waals surface area contributed by atoms with Crippen LogP contribution in [0.1, 0.15) is 13.8 Å². The smallest absolute Gasteiger partial charge is 0.329 e. The van der Waals surface area contributed by atoms with Crippen LogP contribution in [0.25, 0.3) is 0 Å². The van der Waals surface area contributed by atoms with Crippen molar-refractivity contribution in [3.8, 4) is 0 Å². The maximum absolute atomic E-state index is 11.3. The number of aliphatic hydroxyl groups is 2. The second-order valence-electron chi connectivity index (χ2n) is 4.03. The molecule has 0 spiro atoms. The van der Waals surface area contributed by atoms with Gasteiger partial charge in [0.25, 0.3) is 0 Å². The van der Waals surface area contributed by atoms with Gasteiger partial charge in [0.15, 0.2) is 0 Å². The van der Waals surface area contributed by atoms with E-state index < -0.39 is 17.6 Å². The molecule has 0 bridgehead atoms. The predicted octanol–water partition coefficient (Wildman–Crippen LogP) is -2.00. The molecule has 0 aliphatic carbocycles. The number of aliphatic hydroxyl groups excluding tert-OH is 2. The Morgan fingerprint density at radius 3 is 2.24 bits per heavy atom. The second-order valence-corrected chi connectivity index (χ2v) is 4.03. The number of hydrogen-bond acceptors (Lipinski definition) is 6. The summed E-state index contributed by atoms with van der Waals surface area (Å²) in [6.45, 7) is 2.35. The minimum Gasteiger partial charge on any atom is -0.467 e. The van der Waals surface area contributed by atoms with E-state index in [1.807, 2.05) is 0 Å². The summed E-state index contributed by atoms with van der Waals surface area (Å²) >= 11 is 0. The second kappa shape index (κ2) is 7.21.